The zero-order valence-corrected chi connectivity index (χ0v) is 11.5. The van der Waals surface area contributed by atoms with Crippen molar-refractivity contribution in [1.82, 2.24) is 5.32 Å². The predicted molar refractivity (Wildman–Crippen MR) is 75.2 cm³/mol. The summed E-state index contributed by atoms with van der Waals surface area (Å²) in [6, 6.07) is 8.85. The van der Waals surface area contributed by atoms with Gasteiger partial charge in [0.2, 0.25) is 0 Å². The first-order chi connectivity index (χ1) is 8.70. The number of aliphatic hydroxyl groups excluding tert-OH is 1. The lowest BCUT2D eigenvalue weighted by Crippen LogP contribution is -2.40. The van der Waals surface area contributed by atoms with E-state index < -0.39 is 0 Å². The van der Waals surface area contributed by atoms with Gasteiger partial charge in [-0.3, -0.25) is 0 Å². The van der Waals surface area contributed by atoms with Crippen molar-refractivity contribution in [2.24, 2.45) is 11.8 Å². The number of hydrogen-bond donors (Lipinski definition) is 2. The van der Waals surface area contributed by atoms with E-state index in [9.17, 15) is 0 Å². The second kappa shape index (κ2) is 6.35. The van der Waals surface area contributed by atoms with E-state index in [1.54, 1.807) is 0 Å². The van der Waals surface area contributed by atoms with Crippen LogP contribution >= 0.6 is 0 Å². The smallest absolute Gasteiger partial charge is 0.0681 e. The van der Waals surface area contributed by atoms with Gasteiger partial charge in [0.1, 0.15) is 0 Å². The highest BCUT2D eigenvalue weighted by Gasteiger charge is 2.26. The summed E-state index contributed by atoms with van der Waals surface area (Å²) in [5.41, 5.74) is 2.27. The number of nitrogens with one attached hydrogen (secondary N) is 1. The molecule has 2 N–H and O–H groups in total. The molecule has 0 spiro atoms. The molecule has 0 saturated heterocycles. The highest BCUT2D eigenvalue weighted by atomic mass is 16.3. The maximum Gasteiger partial charge on any atom is 0.0681 e. The molecule has 1 aromatic rings. The van der Waals surface area contributed by atoms with Crippen molar-refractivity contribution in [1.29, 1.82) is 0 Å². The van der Waals surface area contributed by atoms with Crippen molar-refractivity contribution in [2.45, 2.75) is 52.3 Å². The van der Waals surface area contributed by atoms with Crippen molar-refractivity contribution >= 4 is 0 Å². The van der Waals surface area contributed by atoms with Crippen molar-refractivity contribution < 1.29 is 5.11 Å². The number of rotatable bonds is 4. The molecule has 2 heteroatoms. The first kappa shape index (κ1) is 13.6. The van der Waals surface area contributed by atoms with Crippen molar-refractivity contribution in [3.8, 4) is 0 Å². The summed E-state index contributed by atoms with van der Waals surface area (Å²) in [5.74, 6) is 1.60. The van der Waals surface area contributed by atoms with Crippen LogP contribution in [0.5, 0.6) is 0 Å². The van der Waals surface area contributed by atoms with E-state index in [1.807, 2.05) is 12.1 Å². The van der Waals surface area contributed by atoms with Crippen LogP contribution in [0.1, 0.15) is 44.2 Å². The Morgan fingerprint density at radius 2 is 2.00 bits per heavy atom. The zero-order valence-electron chi connectivity index (χ0n) is 11.5. The highest BCUT2D eigenvalue weighted by Crippen LogP contribution is 2.29. The molecule has 2 rings (SSSR count). The quantitative estimate of drug-likeness (QED) is 0.857. The number of aliphatic hydroxyl groups is 1. The lowest BCUT2D eigenvalue weighted by atomic mass is 9.78. The van der Waals surface area contributed by atoms with Crippen LogP contribution in [0, 0.1) is 11.8 Å². The Kier molecular flexibility index (Phi) is 4.79. The van der Waals surface area contributed by atoms with E-state index >= 15 is 0 Å². The standard InChI is InChI=1S/C16H25NO/c1-12-5-3-8-16(13(12)2)17-10-14-6-4-7-15(9-14)11-18/h4,6-7,9,12-13,16-18H,3,5,8,10-11H2,1-2H3. The second-order valence-electron chi connectivity index (χ2n) is 5.73. The molecule has 0 bridgehead atoms. The summed E-state index contributed by atoms with van der Waals surface area (Å²) in [5, 5.41) is 12.8. The Hall–Kier alpha value is -0.860. The molecule has 0 radical (unpaired) electrons. The van der Waals surface area contributed by atoms with Crippen molar-refractivity contribution in [2.75, 3.05) is 0 Å². The van der Waals surface area contributed by atoms with Crippen LogP contribution in [0.4, 0.5) is 0 Å². The number of hydrogen-bond acceptors (Lipinski definition) is 2. The van der Waals surface area contributed by atoms with Crippen LogP contribution in [0.25, 0.3) is 0 Å². The maximum absolute atomic E-state index is 9.14. The van der Waals surface area contributed by atoms with Gasteiger partial charge < -0.3 is 10.4 Å². The van der Waals surface area contributed by atoms with Crippen LogP contribution in [0.3, 0.4) is 0 Å². The van der Waals surface area contributed by atoms with Gasteiger partial charge in [0, 0.05) is 12.6 Å². The minimum Gasteiger partial charge on any atom is -0.392 e. The third-order valence-electron chi connectivity index (χ3n) is 4.45. The lowest BCUT2D eigenvalue weighted by Gasteiger charge is -2.34. The van der Waals surface area contributed by atoms with E-state index in [0.717, 1.165) is 23.9 Å². The summed E-state index contributed by atoms with van der Waals surface area (Å²) in [6.45, 7) is 5.77. The summed E-state index contributed by atoms with van der Waals surface area (Å²) >= 11 is 0. The largest absolute Gasteiger partial charge is 0.392 e. The van der Waals surface area contributed by atoms with Gasteiger partial charge in [0.15, 0.2) is 0 Å². The van der Waals surface area contributed by atoms with Gasteiger partial charge in [-0.2, -0.15) is 0 Å². The van der Waals surface area contributed by atoms with Crippen molar-refractivity contribution in [3.05, 3.63) is 35.4 Å². The van der Waals surface area contributed by atoms with E-state index in [4.69, 9.17) is 5.11 Å². The van der Waals surface area contributed by atoms with Crippen LogP contribution in [0.15, 0.2) is 24.3 Å². The Labute approximate surface area is 110 Å². The molecule has 0 aromatic heterocycles. The van der Waals surface area contributed by atoms with Gasteiger partial charge in [0.05, 0.1) is 6.61 Å². The molecule has 1 saturated carbocycles. The van der Waals surface area contributed by atoms with Crippen LogP contribution < -0.4 is 5.32 Å². The Morgan fingerprint density at radius 3 is 2.78 bits per heavy atom. The van der Waals surface area contributed by atoms with E-state index in [1.165, 1.54) is 24.8 Å². The molecular formula is C16H25NO. The maximum atomic E-state index is 9.14. The van der Waals surface area contributed by atoms with Gasteiger partial charge in [-0.1, -0.05) is 51.0 Å². The fourth-order valence-electron chi connectivity index (χ4n) is 2.96. The third-order valence-corrected chi connectivity index (χ3v) is 4.45. The summed E-state index contributed by atoms with van der Waals surface area (Å²) in [7, 11) is 0. The molecule has 100 valence electrons. The monoisotopic (exact) mass is 247 g/mol. The van der Waals surface area contributed by atoms with Gasteiger partial charge in [0.25, 0.3) is 0 Å². The molecule has 0 amide bonds. The van der Waals surface area contributed by atoms with Crippen LogP contribution in [0.2, 0.25) is 0 Å². The summed E-state index contributed by atoms with van der Waals surface area (Å²) < 4.78 is 0. The van der Waals surface area contributed by atoms with Crippen LogP contribution in [-0.4, -0.2) is 11.1 Å². The van der Waals surface area contributed by atoms with E-state index in [0.29, 0.717) is 6.04 Å². The fourth-order valence-corrected chi connectivity index (χ4v) is 2.96. The predicted octanol–water partition coefficient (Wildman–Crippen LogP) is 3.09. The molecular weight excluding hydrogens is 222 g/mol. The van der Waals surface area contributed by atoms with Crippen LogP contribution in [-0.2, 0) is 13.2 Å². The van der Waals surface area contributed by atoms with E-state index in [2.05, 4.69) is 31.3 Å². The lowest BCUT2D eigenvalue weighted by molar-refractivity contribution is 0.206. The third kappa shape index (κ3) is 3.33. The molecule has 1 aromatic carbocycles. The Balaban J connectivity index is 1.90. The van der Waals surface area contributed by atoms with E-state index in [-0.39, 0.29) is 6.61 Å². The molecule has 2 nitrogen and oxygen atoms in total. The molecule has 3 atom stereocenters. The highest BCUT2D eigenvalue weighted by molar-refractivity contribution is 5.22. The molecule has 18 heavy (non-hydrogen) atoms. The van der Waals surface area contributed by atoms with Crippen molar-refractivity contribution in [3.63, 3.8) is 0 Å². The second-order valence-corrected chi connectivity index (χ2v) is 5.73. The normalized spacial score (nSPS) is 28.3. The van der Waals surface area contributed by atoms with Gasteiger partial charge in [-0.25, -0.2) is 0 Å². The molecule has 0 heterocycles. The van der Waals surface area contributed by atoms with Gasteiger partial charge >= 0.3 is 0 Å². The average Bonchev–Trinajstić information content (AvgIpc) is 2.41. The zero-order chi connectivity index (χ0) is 13.0. The van der Waals surface area contributed by atoms with Gasteiger partial charge in [-0.05, 0) is 29.4 Å². The number of benzene rings is 1. The first-order valence-electron chi connectivity index (χ1n) is 7.12. The summed E-state index contributed by atoms with van der Waals surface area (Å²) in [4.78, 5) is 0. The Morgan fingerprint density at radius 1 is 1.22 bits per heavy atom. The fraction of sp³-hybridized carbons (Fsp3) is 0.625. The first-order valence-corrected chi connectivity index (χ1v) is 7.12. The topological polar surface area (TPSA) is 32.3 Å². The minimum atomic E-state index is 0.130. The molecule has 1 aliphatic rings. The molecule has 1 aliphatic carbocycles. The average molecular weight is 247 g/mol. The van der Waals surface area contributed by atoms with Gasteiger partial charge in [-0.15, -0.1) is 0 Å². The summed E-state index contributed by atoms with van der Waals surface area (Å²) in [6.07, 6.45) is 4.02. The Bertz CT molecular complexity index is 377. The molecule has 3 unspecified atom stereocenters. The molecule has 1 fully saturated rings. The SMILES string of the molecule is CC1CCCC(NCc2cccc(CO)c2)C1C. The minimum absolute atomic E-state index is 0.130. The molecule has 0 aliphatic heterocycles.